The van der Waals surface area contributed by atoms with Crippen molar-refractivity contribution in [1.82, 2.24) is 0 Å². The summed E-state index contributed by atoms with van der Waals surface area (Å²) in [5.41, 5.74) is 2.84. The van der Waals surface area contributed by atoms with Crippen molar-refractivity contribution < 1.29 is 27.8 Å². The Morgan fingerprint density at radius 1 is 0.970 bits per heavy atom. The Hall–Kier alpha value is -4.00. The van der Waals surface area contributed by atoms with Crippen LogP contribution in [0.3, 0.4) is 0 Å². The van der Waals surface area contributed by atoms with E-state index in [1.54, 1.807) is 50.4 Å². The molecule has 0 radical (unpaired) electrons. The average Bonchev–Trinajstić information content (AvgIpc) is 3.29. The maximum Gasteiger partial charge on any atom is 0.374 e. The van der Waals surface area contributed by atoms with Gasteiger partial charge in [0, 0.05) is 5.56 Å². The lowest BCUT2D eigenvalue weighted by molar-refractivity contribution is 0.0486. The summed E-state index contributed by atoms with van der Waals surface area (Å²) in [6.07, 6.45) is 0. The molecular formula is C26H24O7. The van der Waals surface area contributed by atoms with Crippen molar-refractivity contribution in [3.8, 4) is 22.8 Å². The highest BCUT2D eigenvalue weighted by Crippen LogP contribution is 2.33. The minimum atomic E-state index is -0.557. The van der Waals surface area contributed by atoms with Gasteiger partial charge in [0.15, 0.2) is 5.76 Å². The van der Waals surface area contributed by atoms with Crippen molar-refractivity contribution in [2.75, 3.05) is 13.7 Å². The molecular weight excluding hydrogens is 424 g/mol. The molecule has 0 saturated heterocycles. The van der Waals surface area contributed by atoms with Crippen molar-refractivity contribution in [2.45, 2.75) is 27.4 Å². The summed E-state index contributed by atoms with van der Waals surface area (Å²) < 4.78 is 27.8. The van der Waals surface area contributed by atoms with Gasteiger partial charge in [0.1, 0.15) is 23.7 Å². The first kappa shape index (κ1) is 22.2. The maximum absolute atomic E-state index is 13.4. The van der Waals surface area contributed by atoms with Crippen LogP contribution in [0.25, 0.3) is 22.3 Å². The number of ether oxygens (including phenoxy) is 3. The first-order chi connectivity index (χ1) is 15.9. The molecule has 7 heteroatoms. The number of hydrogen-bond donors (Lipinski definition) is 0. The van der Waals surface area contributed by atoms with E-state index in [9.17, 15) is 9.59 Å². The highest BCUT2D eigenvalue weighted by atomic mass is 16.5. The SMILES string of the molecule is CCOC(=O)c1ccc(COc2c(-c3ccc(OC)cc3)oc3cc(C)c(C)cc3c2=O)o1. The molecule has 2 aromatic carbocycles. The first-order valence-corrected chi connectivity index (χ1v) is 10.5. The molecule has 2 aromatic heterocycles. The van der Waals surface area contributed by atoms with Crippen LogP contribution in [0.4, 0.5) is 0 Å². The molecule has 7 nitrogen and oxygen atoms in total. The summed E-state index contributed by atoms with van der Waals surface area (Å²) in [5, 5.41) is 0.428. The number of benzene rings is 2. The van der Waals surface area contributed by atoms with E-state index in [0.29, 0.717) is 33.8 Å². The molecule has 0 saturated carbocycles. The Balaban J connectivity index is 1.76. The molecule has 0 aliphatic heterocycles. The predicted molar refractivity (Wildman–Crippen MR) is 123 cm³/mol. The molecule has 170 valence electrons. The number of carbonyl (C=O) groups excluding carboxylic acids is 1. The molecule has 0 unspecified atom stereocenters. The zero-order chi connectivity index (χ0) is 23.5. The smallest absolute Gasteiger partial charge is 0.374 e. The highest BCUT2D eigenvalue weighted by molar-refractivity contribution is 5.86. The Bertz CT molecular complexity index is 1360. The summed E-state index contributed by atoms with van der Waals surface area (Å²) >= 11 is 0. The quantitative estimate of drug-likeness (QED) is 0.348. The third-order valence-corrected chi connectivity index (χ3v) is 5.31. The summed E-state index contributed by atoms with van der Waals surface area (Å²) in [5.74, 6) is 0.929. The number of methoxy groups -OCH3 is 1. The van der Waals surface area contributed by atoms with Crippen molar-refractivity contribution in [1.29, 1.82) is 0 Å². The lowest BCUT2D eigenvalue weighted by Crippen LogP contribution is -2.10. The Labute approximate surface area is 190 Å². The maximum atomic E-state index is 13.4. The topological polar surface area (TPSA) is 88.1 Å². The van der Waals surface area contributed by atoms with E-state index < -0.39 is 5.97 Å². The molecule has 0 aliphatic rings. The Morgan fingerprint density at radius 2 is 1.70 bits per heavy atom. The molecule has 2 heterocycles. The fourth-order valence-electron chi connectivity index (χ4n) is 3.41. The summed E-state index contributed by atoms with van der Waals surface area (Å²) in [6.45, 7) is 5.79. The lowest BCUT2D eigenvalue weighted by Gasteiger charge is -2.12. The van der Waals surface area contributed by atoms with Gasteiger partial charge in [0.2, 0.25) is 16.9 Å². The van der Waals surface area contributed by atoms with Crippen LogP contribution in [0, 0.1) is 13.8 Å². The van der Waals surface area contributed by atoms with Gasteiger partial charge in [-0.1, -0.05) is 0 Å². The van der Waals surface area contributed by atoms with Crippen LogP contribution in [-0.4, -0.2) is 19.7 Å². The number of furan rings is 1. The molecule has 0 fully saturated rings. The second-order valence-electron chi connectivity index (χ2n) is 7.53. The van der Waals surface area contributed by atoms with Gasteiger partial charge in [-0.05, 0) is 80.4 Å². The van der Waals surface area contributed by atoms with Crippen LogP contribution in [0.5, 0.6) is 11.5 Å². The van der Waals surface area contributed by atoms with Crippen LogP contribution in [0.1, 0.15) is 34.4 Å². The van der Waals surface area contributed by atoms with E-state index >= 15 is 0 Å². The average molecular weight is 448 g/mol. The third kappa shape index (κ3) is 4.48. The van der Waals surface area contributed by atoms with E-state index in [-0.39, 0.29) is 30.2 Å². The summed E-state index contributed by atoms with van der Waals surface area (Å²) in [7, 11) is 1.58. The van der Waals surface area contributed by atoms with Gasteiger partial charge in [-0.25, -0.2) is 4.79 Å². The normalized spacial score (nSPS) is 10.9. The second kappa shape index (κ2) is 9.24. The summed E-state index contributed by atoms with van der Waals surface area (Å²) in [4.78, 5) is 25.3. The van der Waals surface area contributed by atoms with E-state index in [2.05, 4.69) is 0 Å². The monoisotopic (exact) mass is 448 g/mol. The zero-order valence-electron chi connectivity index (χ0n) is 18.9. The van der Waals surface area contributed by atoms with Crippen molar-refractivity contribution >= 4 is 16.9 Å². The lowest BCUT2D eigenvalue weighted by atomic mass is 10.0. The molecule has 33 heavy (non-hydrogen) atoms. The number of esters is 1. The Kier molecular flexibility index (Phi) is 6.22. The number of hydrogen-bond acceptors (Lipinski definition) is 7. The van der Waals surface area contributed by atoms with E-state index in [0.717, 1.165) is 11.1 Å². The van der Waals surface area contributed by atoms with Crippen LogP contribution in [-0.2, 0) is 11.3 Å². The molecule has 0 atom stereocenters. The molecule has 0 N–H and O–H groups in total. The molecule has 4 rings (SSSR count). The van der Waals surface area contributed by atoms with Crippen molar-refractivity contribution in [3.63, 3.8) is 0 Å². The van der Waals surface area contributed by atoms with E-state index in [4.69, 9.17) is 23.0 Å². The second-order valence-corrected chi connectivity index (χ2v) is 7.53. The predicted octanol–water partition coefficient (Wildman–Crippen LogP) is 5.43. The molecule has 4 aromatic rings. The van der Waals surface area contributed by atoms with Crippen LogP contribution in [0.2, 0.25) is 0 Å². The van der Waals surface area contributed by atoms with Crippen molar-refractivity contribution in [2.24, 2.45) is 0 Å². The van der Waals surface area contributed by atoms with Gasteiger partial charge in [-0.15, -0.1) is 0 Å². The van der Waals surface area contributed by atoms with Crippen LogP contribution in [0.15, 0.2) is 62.2 Å². The number of fused-ring (bicyclic) bond motifs is 1. The van der Waals surface area contributed by atoms with Crippen molar-refractivity contribution in [3.05, 3.63) is 81.4 Å². The van der Waals surface area contributed by atoms with E-state index in [1.165, 1.54) is 6.07 Å². The number of rotatable bonds is 7. The Morgan fingerprint density at radius 3 is 2.39 bits per heavy atom. The van der Waals surface area contributed by atoms with E-state index in [1.807, 2.05) is 19.9 Å². The number of aryl methyl sites for hydroxylation is 2. The first-order valence-electron chi connectivity index (χ1n) is 10.5. The summed E-state index contributed by atoms with van der Waals surface area (Å²) in [6, 6.07) is 13.9. The highest BCUT2D eigenvalue weighted by Gasteiger charge is 2.20. The number of carbonyl (C=O) groups is 1. The zero-order valence-corrected chi connectivity index (χ0v) is 18.9. The molecule has 0 spiro atoms. The fourth-order valence-corrected chi connectivity index (χ4v) is 3.41. The van der Waals surface area contributed by atoms with Crippen LogP contribution >= 0.6 is 0 Å². The van der Waals surface area contributed by atoms with Crippen LogP contribution < -0.4 is 14.9 Å². The van der Waals surface area contributed by atoms with Gasteiger partial charge in [0.05, 0.1) is 19.1 Å². The minimum absolute atomic E-state index is 0.0602. The third-order valence-electron chi connectivity index (χ3n) is 5.31. The van der Waals surface area contributed by atoms with Gasteiger partial charge in [-0.2, -0.15) is 0 Å². The standard InChI is InChI=1S/C26H24O7/c1-5-30-26(28)21-11-10-19(32-21)14-31-25-23(27)20-12-15(2)16(3)13-22(20)33-24(25)17-6-8-18(29-4)9-7-17/h6-13H,5,14H2,1-4H3. The largest absolute Gasteiger partial charge is 0.497 e. The van der Waals surface area contributed by atoms with Gasteiger partial charge < -0.3 is 23.0 Å². The molecule has 0 bridgehead atoms. The van der Waals surface area contributed by atoms with Gasteiger partial charge >= 0.3 is 5.97 Å². The van der Waals surface area contributed by atoms with Gasteiger partial charge in [0.25, 0.3) is 0 Å². The molecule has 0 amide bonds. The van der Waals surface area contributed by atoms with Gasteiger partial charge in [-0.3, -0.25) is 4.79 Å². The minimum Gasteiger partial charge on any atom is -0.497 e. The molecule has 0 aliphatic carbocycles. The fraction of sp³-hybridized carbons (Fsp3) is 0.231.